The Balaban J connectivity index is 1.70. The van der Waals surface area contributed by atoms with Gasteiger partial charge in [0.05, 0.1) is 16.8 Å². The van der Waals surface area contributed by atoms with Gasteiger partial charge in [0.15, 0.2) is 11.5 Å². The van der Waals surface area contributed by atoms with Gasteiger partial charge in [-0.3, -0.25) is 9.78 Å². The average Bonchev–Trinajstić information content (AvgIpc) is 2.97. The van der Waals surface area contributed by atoms with Crippen LogP contribution in [0.25, 0.3) is 0 Å². The van der Waals surface area contributed by atoms with Gasteiger partial charge in [-0.25, -0.2) is 5.43 Å². The highest BCUT2D eigenvalue weighted by Crippen LogP contribution is 2.39. The molecule has 2 heterocycles. The number of hydrazone groups is 1. The Morgan fingerprint density at radius 1 is 1.43 bits per heavy atom. The number of pyridine rings is 1. The van der Waals surface area contributed by atoms with Crippen LogP contribution < -0.4 is 14.9 Å². The Morgan fingerprint density at radius 2 is 2.33 bits per heavy atom. The van der Waals surface area contributed by atoms with E-state index in [2.05, 4.69) is 15.5 Å². The van der Waals surface area contributed by atoms with E-state index in [1.807, 2.05) is 0 Å². The lowest BCUT2D eigenvalue weighted by atomic mass is 10.2. The molecular weight excluding hydrogens is 294 g/mol. The van der Waals surface area contributed by atoms with Gasteiger partial charge in [-0.15, -0.1) is 0 Å². The molecule has 21 heavy (non-hydrogen) atoms. The predicted octanol–water partition coefficient (Wildman–Crippen LogP) is 2.23. The number of halogens is 1. The van der Waals surface area contributed by atoms with Crippen molar-refractivity contribution in [2.75, 3.05) is 6.79 Å². The Bertz CT molecular complexity index is 704. The number of nitrogens with zero attached hydrogens (tertiary/aromatic N) is 2. The van der Waals surface area contributed by atoms with E-state index < -0.39 is 0 Å². The van der Waals surface area contributed by atoms with Crippen LogP contribution in [0.15, 0.2) is 41.8 Å². The number of aromatic nitrogens is 1. The number of carbonyl (C=O) groups is 1. The van der Waals surface area contributed by atoms with E-state index in [4.69, 9.17) is 21.1 Å². The van der Waals surface area contributed by atoms with Gasteiger partial charge >= 0.3 is 0 Å². The first-order valence-electron chi connectivity index (χ1n) is 6.06. The zero-order valence-electron chi connectivity index (χ0n) is 10.7. The SMILES string of the molecule is O=C(N/N=C\c1cc(Cl)c2c(c1)OCO2)c1cccnc1. The minimum absolute atomic E-state index is 0.146. The van der Waals surface area contributed by atoms with E-state index in [0.717, 1.165) is 0 Å². The fourth-order valence-electron chi connectivity index (χ4n) is 1.79. The van der Waals surface area contributed by atoms with Gasteiger partial charge in [-0.1, -0.05) is 11.6 Å². The number of hydrogen-bond donors (Lipinski definition) is 1. The van der Waals surface area contributed by atoms with Gasteiger partial charge in [0.2, 0.25) is 6.79 Å². The average molecular weight is 304 g/mol. The lowest BCUT2D eigenvalue weighted by Crippen LogP contribution is -2.17. The third-order valence-electron chi connectivity index (χ3n) is 2.75. The predicted molar refractivity (Wildman–Crippen MR) is 76.9 cm³/mol. The summed E-state index contributed by atoms with van der Waals surface area (Å²) in [5.74, 6) is 0.738. The van der Waals surface area contributed by atoms with Crippen LogP contribution >= 0.6 is 11.6 Å². The second-order valence-corrected chi connectivity index (χ2v) is 4.58. The fraction of sp³-hybridized carbons (Fsp3) is 0.0714. The molecule has 0 radical (unpaired) electrons. The summed E-state index contributed by atoms with van der Waals surface area (Å²) >= 11 is 6.05. The summed E-state index contributed by atoms with van der Waals surface area (Å²) in [5, 5.41) is 4.31. The van der Waals surface area contributed by atoms with Crippen LogP contribution in [0.4, 0.5) is 0 Å². The van der Waals surface area contributed by atoms with Gasteiger partial charge in [0.1, 0.15) is 0 Å². The molecule has 0 unspecified atom stereocenters. The van der Waals surface area contributed by atoms with Gasteiger partial charge < -0.3 is 9.47 Å². The zero-order valence-corrected chi connectivity index (χ0v) is 11.5. The third-order valence-corrected chi connectivity index (χ3v) is 3.03. The van der Waals surface area contributed by atoms with Crippen molar-refractivity contribution in [2.24, 2.45) is 5.10 Å². The molecule has 1 aromatic heterocycles. The fourth-order valence-corrected chi connectivity index (χ4v) is 2.06. The molecule has 7 heteroatoms. The highest BCUT2D eigenvalue weighted by molar-refractivity contribution is 6.32. The highest BCUT2D eigenvalue weighted by Gasteiger charge is 2.17. The van der Waals surface area contributed by atoms with Crippen LogP contribution in [0, 0.1) is 0 Å². The van der Waals surface area contributed by atoms with Crippen molar-refractivity contribution in [3.05, 3.63) is 52.8 Å². The number of amides is 1. The Kier molecular flexibility index (Phi) is 3.70. The maximum atomic E-state index is 11.8. The molecule has 106 valence electrons. The van der Waals surface area contributed by atoms with Crippen molar-refractivity contribution in [3.63, 3.8) is 0 Å². The molecule has 1 aliphatic heterocycles. The number of carbonyl (C=O) groups excluding carboxylic acids is 1. The lowest BCUT2D eigenvalue weighted by molar-refractivity contribution is 0.0955. The highest BCUT2D eigenvalue weighted by atomic mass is 35.5. The molecule has 0 fully saturated rings. The number of benzene rings is 1. The van der Waals surface area contributed by atoms with Gasteiger partial charge in [0.25, 0.3) is 5.91 Å². The van der Waals surface area contributed by atoms with Crippen molar-refractivity contribution >= 4 is 23.7 Å². The largest absolute Gasteiger partial charge is 0.454 e. The first-order valence-corrected chi connectivity index (χ1v) is 6.44. The quantitative estimate of drug-likeness (QED) is 0.697. The summed E-state index contributed by atoms with van der Waals surface area (Å²) < 4.78 is 10.5. The smallest absolute Gasteiger partial charge is 0.272 e. The molecule has 0 bridgehead atoms. The van der Waals surface area contributed by atoms with E-state index in [1.54, 1.807) is 30.5 Å². The summed E-state index contributed by atoms with van der Waals surface area (Å²) in [6, 6.07) is 6.73. The molecule has 2 aromatic rings. The van der Waals surface area contributed by atoms with Crippen molar-refractivity contribution in [3.8, 4) is 11.5 Å². The van der Waals surface area contributed by atoms with Gasteiger partial charge in [0, 0.05) is 12.4 Å². The maximum absolute atomic E-state index is 11.8. The van der Waals surface area contributed by atoms with Crippen LogP contribution in [-0.2, 0) is 0 Å². The molecule has 3 rings (SSSR count). The van der Waals surface area contributed by atoms with E-state index in [0.29, 0.717) is 27.6 Å². The molecule has 0 saturated heterocycles. The van der Waals surface area contributed by atoms with Crippen LogP contribution in [0.1, 0.15) is 15.9 Å². The van der Waals surface area contributed by atoms with E-state index in [1.165, 1.54) is 12.4 Å². The van der Waals surface area contributed by atoms with E-state index in [-0.39, 0.29) is 12.7 Å². The van der Waals surface area contributed by atoms with Crippen LogP contribution in [0.5, 0.6) is 11.5 Å². The van der Waals surface area contributed by atoms with Crippen molar-refractivity contribution in [1.29, 1.82) is 0 Å². The van der Waals surface area contributed by atoms with Crippen molar-refractivity contribution in [1.82, 2.24) is 10.4 Å². The lowest BCUT2D eigenvalue weighted by Gasteiger charge is -2.01. The molecule has 1 N–H and O–H groups in total. The normalized spacial score (nSPS) is 12.6. The molecule has 1 aromatic carbocycles. The number of rotatable bonds is 3. The number of hydrogen-bond acceptors (Lipinski definition) is 5. The minimum atomic E-state index is -0.341. The second-order valence-electron chi connectivity index (χ2n) is 4.18. The third kappa shape index (κ3) is 2.95. The number of ether oxygens (including phenoxy) is 2. The van der Waals surface area contributed by atoms with E-state index >= 15 is 0 Å². The number of fused-ring (bicyclic) bond motifs is 1. The summed E-state index contributed by atoms with van der Waals surface area (Å²) in [5.41, 5.74) is 3.53. The van der Waals surface area contributed by atoms with Crippen LogP contribution in [0.2, 0.25) is 5.02 Å². The summed E-state index contributed by atoms with van der Waals surface area (Å²) in [4.78, 5) is 15.6. The molecule has 0 saturated carbocycles. The van der Waals surface area contributed by atoms with Crippen LogP contribution in [-0.4, -0.2) is 23.9 Å². The van der Waals surface area contributed by atoms with Gasteiger partial charge in [-0.05, 0) is 29.8 Å². The van der Waals surface area contributed by atoms with Crippen molar-refractivity contribution < 1.29 is 14.3 Å². The molecule has 0 atom stereocenters. The first kappa shape index (κ1) is 13.4. The zero-order chi connectivity index (χ0) is 14.7. The molecular formula is C14H10ClN3O3. The second kappa shape index (κ2) is 5.80. The number of nitrogens with one attached hydrogen (secondary N) is 1. The monoisotopic (exact) mass is 303 g/mol. The summed E-state index contributed by atoms with van der Waals surface area (Å²) in [6.45, 7) is 0.146. The van der Waals surface area contributed by atoms with Crippen molar-refractivity contribution in [2.45, 2.75) is 0 Å². The first-order chi connectivity index (χ1) is 10.2. The summed E-state index contributed by atoms with van der Waals surface area (Å²) in [7, 11) is 0. The van der Waals surface area contributed by atoms with Crippen LogP contribution in [0.3, 0.4) is 0 Å². The minimum Gasteiger partial charge on any atom is -0.454 e. The maximum Gasteiger partial charge on any atom is 0.272 e. The molecule has 0 spiro atoms. The topological polar surface area (TPSA) is 72.8 Å². The Labute approximate surface area is 125 Å². The van der Waals surface area contributed by atoms with Gasteiger partial charge in [-0.2, -0.15) is 5.10 Å². The van der Waals surface area contributed by atoms with E-state index in [9.17, 15) is 4.79 Å². The molecule has 1 amide bonds. The Hall–Kier alpha value is -2.60. The standard InChI is InChI=1S/C14H10ClN3O3/c15-11-4-9(5-12-13(11)21-8-20-12)6-17-18-14(19)10-2-1-3-16-7-10/h1-7H,8H2,(H,18,19)/b17-6-. The molecule has 1 aliphatic rings. The summed E-state index contributed by atoms with van der Waals surface area (Å²) in [6.07, 6.45) is 4.53. The Morgan fingerprint density at radius 3 is 3.14 bits per heavy atom. The molecule has 0 aliphatic carbocycles. The molecule has 6 nitrogen and oxygen atoms in total.